The molecule has 10 heteroatoms. The van der Waals surface area contributed by atoms with Gasteiger partial charge in [-0.25, -0.2) is 4.98 Å². The highest BCUT2D eigenvalue weighted by Gasteiger charge is 2.31. The standard InChI is InChI=1S/C43H44N6O4/c50-38(27-36-13-7-23-48(36)40(52)25-30-9-3-1-4-10-30)46-34-19-15-32(16-20-34)42-43(45-29-44-42)33-17-21-35(22-18-33)47-39(51)28-37-14-8-24-49(37)41(53)26-31-11-5-2-6-12-31/h1-6,9-12,15-22,29,36-37H,7-8,13-14,23-28H2,(H,44,45)(H,46,50)(H,47,51)/t36-,37-/m0/s1. The van der Waals surface area contributed by atoms with Crippen LogP contribution in [-0.4, -0.2) is 68.6 Å². The maximum Gasteiger partial charge on any atom is 0.227 e. The number of carbonyl (C=O) groups is 4. The molecule has 4 aromatic carbocycles. The highest BCUT2D eigenvalue weighted by Crippen LogP contribution is 2.31. The first-order chi connectivity index (χ1) is 25.9. The third-order valence-corrected chi connectivity index (χ3v) is 10.2. The summed E-state index contributed by atoms with van der Waals surface area (Å²) in [6.45, 7) is 1.36. The van der Waals surface area contributed by atoms with Crippen molar-refractivity contribution in [2.24, 2.45) is 0 Å². The van der Waals surface area contributed by atoms with E-state index in [9.17, 15) is 19.2 Å². The molecule has 3 N–H and O–H groups in total. The lowest BCUT2D eigenvalue weighted by molar-refractivity contribution is -0.133. The van der Waals surface area contributed by atoms with Crippen LogP contribution in [0.5, 0.6) is 0 Å². The molecule has 0 radical (unpaired) electrons. The Morgan fingerprint density at radius 1 is 0.604 bits per heavy atom. The summed E-state index contributed by atoms with van der Waals surface area (Å²) in [7, 11) is 0. The van der Waals surface area contributed by atoms with E-state index in [0.717, 1.165) is 59.3 Å². The van der Waals surface area contributed by atoms with Gasteiger partial charge in [0.15, 0.2) is 0 Å². The zero-order chi connectivity index (χ0) is 36.6. The van der Waals surface area contributed by atoms with Crippen molar-refractivity contribution in [3.8, 4) is 22.5 Å². The SMILES string of the molecule is O=C(C[C@@H]1CCCN1C(=O)Cc1ccccc1)Nc1ccc(-c2nc[nH]c2-c2ccc(NC(=O)C[C@@H]3CCCN3C(=O)Cc3ccccc3)cc2)cc1. The molecule has 0 spiro atoms. The van der Waals surface area contributed by atoms with E-state index < -0.39 is 0 Å². The topological polar surface area (TPSA) is 128 Å². The number of amides is 4. The summed E-state index contributed by atoms with van der Waals surface area (Å²) in [5, 5.41) is 6.00. The van der Waals surface area contributed by atoms with Crippen LogP contribution < -0.4 is 10.6 Å². The van der Waals surface area contributed by atoms with Crippen LogP contribution in [-0.2, 0) is 32.0 Å². The first-order valence-electron chi connectivity index (χ1n) is 18.4. The van der Waals surface area contributed by atoms with Gasteiger partial charge in [0.05, 0.1) is 30.6 Å². The third kappa shape index (κ3) is 8.89. The number of carbonyl (C=O) groups excluding carboxylic acids is 4. The Labute approximate surface area is 309 Å². The molecule has 270 valence electrons. The Kier molecular flexibility index (Phi) is 11.0. The van der Waals surface area contributed by atoms with Crippen LogP contribution in [0, 0.1) is 0 Å². The second-order valence-electron chi connectivity index (χ2n) is 13.9. The molecule has 5 aromatic rings. The van der Waals surface area contributed by atoms with Crippen molar-refractivity contribution in [1.82, 2.24) is 19.8 Å². The van der Waals surface area contributed by atoms with Crippen LogP contribution in [0.2, 0.25) is 0 Å². The number of H-pyrrole nitrogens is 1. The summed E-state index contributed by atoms with van der Waals surface area (Å²) in [6, 6.07) is 34.4. The Morgan fingerprint density at radius 2 is 1.06 bits per heavy atom. The van der Waals surface area contributed by atoms with Gasteiger partial charge in [0.25, 0.3) is 0 Å². The Morgan fingerprint density at radius 3 is 1.53 bits per heavy atom. The van der Waals surface area contributed by atoms with E-state index in [-0.39, 0.29) is 48.6 Å². The predicted molar refractivity (Wildman–Crippen MR) is 206 cm³/mol. The monoisotopic (exact) mass is 708 g/mol. The molecule has 0 aliphatic carbocycles. The first kappa shape index (κ1) is 35.4. The zero-order valence-electron chi connectivity index (χ0n) is 29.7. The van der Waals surface area contributed by atoms with E-state index in [1.54, 1.807) is 6.33 Å². The maximum absolute atomic E-state index is 13.0. The van der Waals surface area contributed by atoms with Crippen LogP contribution >= 0.6 is 0 Å². The fraction of sp³-hybridized carbons (Fsp3) is 0.279. The zero-order valence-corrected chi connectivity index (χ0v) is 29.7. The largest absolute Gasteiger partial charge is 0.344 e. The van der Waals surface area contributed by atoms with E-state index in [2.05, 4.69) is 20.6 Å². The van der Waals surface area contributed by atoms with E-state index in [1.807, 2.05) is 119 Å². The molecule has 3 heterocycles. The lowest BCUT2D eigenvalue weighted by Crippen LogP contribution is -2.38. The summed E-state index contributed by atoms with van der Waals surface area (Å²) in [5.74, 6) is -0.115. The van der Waals surface area contributed by atoms with Gasteiger partial charge in [0.2, 0.25) is 23.6 Å². The minimum absolute atomic E-state index is 0.0601. The van der Waals surface area contributed by atoms with Gasteiger partial charge in [-0.05, 0) is 61.1 Å². The Hall–Kier alpha value is -6.03. The molecule has 1 aromatic heterocycles. The second-order valence-corrected chi connectivity index (χ2v) is 13.9. The number of hydrogen-bond acceptors (Lipinski definition) is 5. The number of anilines is 2. The van der Waals surface area contributed by atoms with Crippen LogP contribution in [0.4, 0.5) is 11.4 Å². The molecule has 2 atom stereocenters. The van der Waals surface area contributed by atoms with Gasteiger partial charge in [-0.15, -0.1) is 0 Å². The second kappa shape index (κ2) is 16.5. The highest BCUT2D eigenvalue weighted by atomic mass is 16.2. The first-order valence-corrected chi connectivity index (χ1v) is 18.4. The van der Waals surface area contributed by atoms with Crippen molar-refractivity contribution < 1.29 is 19.2 Å². The molecule has 7 rings (SSSR count). The van der Waals surface area contributed by atoms with E-state index >= 15 is 0 Å². The molecule has 4 amide bonds. The number of likely N-dealkylation sites (tertiary alicyclic amines) is 2. The molecule has 0 saturated carbocycles. The van der Waals surface area contributed by atoms with Crippen molar-refractivity contribution >= 4 is 35.0 Å². The fourth-order valence-electron chi connectivity index (χ4n) is 7.51. The van der Waals surface area contributed by atoms with Gasteiger partial charge in [-0.1, -0.05) is 84.9 Å². The van der Waals surface area contributed by atoms with Gasteiger partial charge in [0.1, 0.15) is 0 Å². The molecular weight excluding hydrogens is 665 g/mol. The Balaban J connectivity index is 0.912. The minimum atomic E-state index is -0.119. The molecule has 2 saturated heterocycles. The average molecular weight is 709 g/mol. The number of nitrogens with one attached hydrogen (secondary N) is 3. The average Bonchev–Trinajstić information content (AvgIpc) is 3.95. The van der Waals surface area contributed by atoms with Crippen molar-refractivity contribution in [2.45, 2.75) is 63.5 Å². The lowest BCUT2D eigenvalue weighted by Gasteiger charge is -2.24. The predicted octanol–water partition coefficient (Wildman–Crippen LogP) is 6.87. The van der Waals surface area contributed by atoms with Crippen LogP contribution in [0.1, 0.15) is 49.7 Å². The van der Waals surface area contributed by atoms with Crippen molar-refractivity contribution in [2.75, 3.05) is 23.7 Å². The number of imidazole rings is 1. The van der Waals surface area contributed by atoms with Crippen molar-refractivity contribution in [3.63, 3.8) is 0 Å². The maximum atomic E-state index is 13.0. The molecule has 0 bridgehead atoms. The molecule has 0 unspecified atom stereocenters. The van der Waals surface area contributed by atoms with Gasteiger partial charge in [0, 0.05) is 60.5 Å². The number of benzene rings is 4. The summed E-state index contributed by atoms with van der Waals surface area (Å²) in [5.41, 5.74) is 6.70. The lowest BCUT2D eigenvalue weighted by atomic mass is 10.0. The molecule has 2 aliphatic rings. The number of aromatic amines is 1. The van der Waals surface area contributed by atoms with E-state index in [0.29, 0.717) is 37.3 Å². The molecule has 53 heavy (non-hydrogen) atoms. The van der Waals surface area contributed by atoms with Gasteiger partial charge < -0.3 is 25.4 Å². The summed E-state index contributed by atoms with van der Waals surface area (Å²) < 4.78 is 0. The molecular formula is C43H44N6O4. The highest BCUT2D eigenvalue weighted by molar-refractivity contribution is 5.93. The van der Waals surface area contributed by atoms with Crippen molar-refractivity contribution in [1.29, 1.82) is 0 Å². The molecule has 2 fully saturated rings. The molecule has 10 nitrogen and oxygen atoms in total. The Bertz CT molecular complexity index is 1880. The van der Waals surface area contributed by atoms with Crippen LogP contribution in [0.25, 0.3) is 22.5 Å². The fourth-order valence-corrected chi connectivity index (χ4v) is 7.51. The van der Waals surface area contributed by atoms with E-state index in [4.69, 9.17) is 0 Å². The van der Waals surface area contributed by atoms with Crippen LogP contribution in [0.15, 0.2) is 116 Å². The third-order valence-electron chi connectivity index (χ3n) is 10.2. The van der Waals surface area contributed by atoms with E-state index in [1.165, 1.54) is 0 Å². The van der Waals surface area contributed by atoms with Crippen LogP contribution in [0.3, 0.4) is 0 Å². The van der Waals surface area contributed by atoms with Crippen molar-refractivity contribution in [3.05, 3.63) is 127 Å². The number of hydrogen-bond donors (Lipinski definition) is 3. The summed E-state index contributed by atoms with van der Waals surface area (Å²) in [4.78, 5) is 63.6. The summed E-state index contributed by atoms with van der Waals surface area (Å²) in [6.07, 6.45) is 6.29. The van der Waals surface area contributed by atoms with Gasteiger partial charge >= 0.3 is 0 Å². The molecule has 2 aliphatic heterocycles. The number of nitrogens with zero attached hydrogens (tertiary/aromatic N) is 3. The number of rotatable bonds is 12. The minimum Gasteiger partial charge on any atom is -0.344 e. The normalized spacial score (nSPS) is 16.8. The summed E-state index contributed by atoms with van der Waals surface area (Å²) >= 11 is 0. The smallest absolute Gasteiger partial charge is 0.227 e. The van der Waals surface area contributed by atoms with Gasteiger partial charge in [-0.3, -0.25) is 19.2 Å². The van der Waals surface area contributed by atoms with Gasteiger partial charge in [-0.2, -0.15) is 0 Å². The quantitative estimate of drug-likeness (QED) is 0.130. The number of aromatic nitrogens is 2.